The Hall–Kier alpha value is -3.75. The van der Waals surface area contributed by atoms with Gasteiger partial charge in [0.1, 0.15) is 6.54 Å². The lowest BCUT2D eigenvalue weighted by molar-refractivity contribution is -0.117. The van der Waals surface area contributed by atoms with Crippen LogP contribution in [0.1, 0.15) is 0 Å². The summed E-state index contributed by atoms with van der Waals surface area (Å²) in [6.07, 6.45) is 1.51. The number of hydrogen-bond donors (Lipinski definition) is 1. The van der Waals surface area contributed by atoms with Crippen molar-refractivity contribution in [3.63, 3.8) is 0 Å². The molecule has 2 aromatic carbocycles. The van der Waals surface area contributed by atoms with Crippen LogP contribution in [0, 0.1) is 0 Å². The molecule has 0 unspecified atom stereocenters. The first-order valence-corrected chi connectivity index (χ1v) is 8.41. The summed E-state index contributed by atoms with van der Waals surface area (Å²) in [5, 5.41) is 7.69. The molecule has 0 saturated carbocycles. The number of aromatic nitrogens is 2. The first kappa shape index (κ1) is 17.7. The lowest BCUT2D eigenvalue weighted by Gasteiger charge is -2.12. The van der Waals surface area contributed by atoms with Gasteiger partial charge in [-0.3, -0.25) is 9.59 Å². The number of nitrogens with zero attached hydrogens (tertiary/aromatic N) is 2. The quantitative estimate of drug-likeness (QED) is 0.717. The van der Waals surface area contributed by atoms with Crippen molar-refractivity contribution in [2.75, 3.05) is 26.3 Å². The molecule has 3 aromatic rings. The summed E-state index contributed by atoms with van der Waals surface area (Å²) in [5.41, 5.74) is 0.0800. The lowest BCUT2D eigenvalue weighted by Crippen LogP contribution is -2.29. The molecule has 28 heavy (non-hydrogen) atoms. The van der Waals surface area contributed by atoms with Crippen LogP contribution in [0.3, 0.4) is 0 Å². The highest BCUT2D eigenvalue weighted by molar-refractivity contribution is 5.92. The maximum atomic E-state index is 12.9. The number of fused-ring (bicyclic) bond motifs is 2. The third kappa shape index (κ3) is 3.07. The van der Waals surface area contributed by atoms with Crippen molar-refractivity contribution < 1.29 is 23.7 Å². The molecule has 0 aliphatic carbocycles. The average Bonchev–Trinajstić information content (AvgIpc) is 3.17. The van der Waals surface area contributed by atoms with Crippen molar-refractivity contribution in [3.8, 4) is 23.0 Å². The highest BCUT2D eigenvalue weighted by Crippen LogP contribution is 2.34. The fraction of sp³-hybridized carbons (Fsp3) is 0.211. The van der Waals surface area contributed by atoms with Gasteiger partial charge in [0, 0.05) is 17.1 Å². The molecule has 2 heterocycles. The van der Waals surface area contributed by atoms with Crippen molar-refractivity contribution in [3.05, 3.63) is 46.9 Å². The number of hydrogen-bond acceptors (Lipinski definition) is 7. The maximum absolute atomic E-state index is 12.9. The molecule has 1 N–H and O–H groups in total. The number of amides is 1. The Morgan fingerprint density at radius 1 is 1.18 bits per heavy atom. The SMILES string of the molecule is COc1ccc2cnn(CC(=O)Nc3ccc4c(c3)OCO4)c(=O)c2c1OC. The maximum Gasteiger partial charge on any atom is 0.279 e. The standard InChI is InChI=1S/C19H17N3O6/c1-25-14-5-3-11-8-20-22(19(24)17(11)18(14)26-2)9-16(23)21-12-4-6-13-15(7-12)28-10-27-13/h3-8H,9-10H2,1-2H3,(H,21,23). The summed E-state index contributed by atoms with van der Waals surface area (Å²) in [5.74, 6) is 1.49. The molecule has 1 aliphatic rings. The number of nitrogens with one attached hydrogen (secondary N) is 1. The Kier molecular flexibility index (Phi) is 4.48. The number of carbonyl (C=O) groups is 1. The van der Waals surface area contributed by atoms with E-state index in [0.29, 0.717) is 39.5 Å². The van der Waals surface area contributed by atoms with Gasteiger partial charge in [-0.05, 0) is 24.3 Å². The normalized spacial score (nSPS) is 12.1. The molecule has 0 atom stereocenters. The van der Waals surface area contributed by atoms with Crippen LogP contribution >= 0.6 is 0 Å². The van der Waals surface area contributed by atoms with Crippen LogP contribution in [-0.2, 0) is 11.3 Å². The molecule has 1 amide bonds. The molecule has 1 aromatic heterocycles. The number of benzene rings is 2. The molecule has 9 heteroatoms. The van der Waals surface area contributed by atoms with Gasteiger partial charge < -0.3 is 24.3 Å². The monoisotopic (exact) mass is 383 g/mol. The largest absolute Gasteiger partial charge is 0.493 e. The van der Waals surface area contributed by atoms with Gasteiger partial charge in [0.25, 0.3) is 5.56 Å². The van der Waals surface area contributed by atoms with E-state index in [-0.39, 0.29) is 13.3 Å². The number of anilines is 1. The zero-order valence-electron chi connectivity index (χ0n) is 15.2. The first-order chi connectivity index (χ1) is 13.6. The lowest BCUT2D eigenvalue weighted by atomic mass is 10.1. The average molecular weight is 383 g/mol. The van der Waals surface area contributed by atoms with Crippen molar-refractivity contribution in [2.24, 2.45) is 0 Å². The van der Waals surface area contributed by atoms with Crippen molar-refractivity contribution in [1.29, 1.82) is 0 Å². The molecular formula is C19H17N3O6. The fourth-order valence-corrected chi connectivity index (χ4v) is 3.01. The molecular weight excluding hydrogens is 366 g/mol. The van der Waals surface area contributed by atoms with Crippen LogP contribution in [-0.4, -0.2) is 36.7 Å². The van der Waals surface area contributed by atoms with Gasteiger partial charge in [0.2, 0.25) is 12.7 Å². The summed E-state index contributed by atoms with van der Waals surface area (Å²) < 4.78 is 22.2. The second kappa shape index (κ2) is 7.10. The fourth-order valence-electron chi connectivity index (χ4n) is 3.01. The second-order valence-electron chi connectivity index (χ2n) is 5.99. The Morgan fingerprint density at radius 3 is 2.79 bits per heavy atom. The molecule has 9 nitrogen and oxygen atoms in total. The highest BCUT2D eigenvalue weighted by atomic mass is 16.7. The van der Waals surface area contributed by atoms with Crippen molar-refractivity contribution in [1.82, 2.24) is 9.78 Å². The summed E-state index contributed by atoms with van der Waals surface area (Å²) in [4.78, 5) is 25.3. The molecule has 0 saturated heterocycles. The summed E-state index contributed by atoms with van der Waals surface area (Å²) in [6.45, 7) is -0.113. The third-order valence-corrected chi connectivity index (χ3v) is 4.31. The van der Waals surface area contributed by atoms with E-state index >= 15 is 0 Å². The van der Waals surface area contributed by atoms with Gasteiger partial charge >= 0.3 is 0 Å². The molecule has 0 fully saturated rings. The van der Waals surface area contributed by atoms with E-state index in [4.69, 9.17) is 18.9 Å². The van der Waals surface area contributed by atoms with E-state index in [9.17, 15) is 9.59 Å². The minimum atomic E-state index is -0.450. The Morgan fingerprint density at radius 2 is 2.00 bits per heavy atom. The second-order valence-corrected chi connectivity index (χ2v) is 5.99. The van der Waals surface area contributed by atoms with Crippen LogP contribution in [0.15, 0.2) is 41.3 Å². The number of carbonyl (C=O) groups excluding carboxylic acids is 1. The summed E-state index contributed by atoms with van der Waals surface area (Å²) in [6, 6.07) is 8.46. The number of methoxy groups -OCH3 is 2. The first-order valence-electron chi connectivity index (χ1n) is 8.41. The Labute approximate surface area is 159 Å². The number of ether oxygens (including phenoxy) is 4. The molecule has 144 valence electrons. The Balaban J connectivity index is 1.61. The minimum Gasteiger partial charge on any atom is -0.493 e. The smallest absolute Gasteiger partial charge is 0.279 e. The zero-order valence-corrected chi connectivity index (χ0v) is 15.2. The van der Waals surface area contributed by atoms with E-state index in [1.807, 2.05) is 0 Å². The molecule has 1 aliphatic heterocycles. The van der Waals surface area contributed by atoms with Gasteiger partial charge in [-0.25, -0.2) is 4.68 Å². The minimum absolute atomic E-state index is 0.147. The topological polar surface area (TPSA) is 101 Å². The van der Waals surface area contributed by atoms with Crippen LogP contribution in [0.4, 0.5) is 5.69 Å². The highest BCUT2D eigenvalue weighted by Gasteiger charge is 2.17. The number of rotatable bonds is 5. The zero-order chi connectivity index (χ0) is 19.7. The van der Waals surface area contributed by atoms with E-state index in [0.717, 1.165) is 4.68 Å². The van der Waals surface area contributed by atoms with E-state index in [1.165, 1.54) is 20.4 Å². The summed E-state index contributed by atoms with van der Waals surface area (Å²) >= 11 is 0. The van der Waals surface area contributed by atoms with E-state index in [1.54, 1.807) is 30.3 Å². The third-order valence-electron chi connectivity index (χ3n) is 4.31. The van der Waals surface area contributed by atoms with Gasteiger partial charge in [0.15, 0.2) is 23.0 Å². The van der Waals surface area contributed by atoms with Crippen LogP contribution < -0.4 is 29.8 Å². The van der Waals surface area contributed by atoms with Gasteiger partial charge in [-0.15, -0.1) is 0 Å². The van der Waals surface area contributed by atoms with Gasteiger partial charge in [-0.2, -0.15) is 5.10 Å². The van der Waals surface area contributed by atoms with Crippen LogP contribution in [0.25, 0.3) is 10.8 Å². The van der Waals surface area contributed by atoms with E-state index < -0.39 is 11.5 Å². The van der Waals surface area contributed by atoms with Crippen LogP contribution in [0.2, 0.25) is 0 Å². The molecule has 0 radical (unpaired) electrons. The Bertz CT molecular complexity index is 1120. The van der Waals surface area contributed by atoms with Crippen molar-refractivity contribution in [2.45, 2.75) is 6.54 Å². The van der Waals surface area contributed by atoms with E-state index in [2.05, 4.69) is 10.4 Å². The summed E-state index contributed by atoms with van der Waals surface area (Å²) in [7, 11) is 2.94. The molecule has 0 bridgehead atoms. The molecule has 4 rings (SSSR count). The van der Waals surface area contributed by atoms with Crippen molar-refractivity contribution >= 4 is 22.4 Å². The predicted octanol–water partition coefficient (Wildman–Crippen LogP) is 1.78. The predicted molar refractivity (Wildman–Crippen MR) is 100 cm³/mol. The van der Waals surface area contributed by atoms with Gasteiger partial charge in [-0.1, -0.05) is 0 Å². The van der Waals surface area contributed by atoms with Gasteiger partial charge in [0.05, 0.1) is 25.8 Å². The van der Waals surface area contributed by atoms with Crippen LogP contribution in [0.5, 0.6) is 23.0 Å². The molecule has 0 spiro atoms.